The van der Waals surface area contributed by atoms with E-state index in [2.05, 4.69) is 27.7 Å². The van der Waals surface area contributed by atoms with Gasteiger partial charge in [0.25, 0.3) is 0 Å². The minimum Gasteiger partial charge on any atom is -0.426 e. The third kappa shape index (κ3) is 8.79. The number of rotatable bonds is 0. The average molecular weight is 695 g/mol. The predicted octanol–water partition coefficient (Wildman–Crippen LogP) is 4.98. The summed E-state index contributed by atoms with van der Waals surface area (Å²) in [5, 5.41) is 0. The second-order valence-electron chi connectivity index (χ2n) is 15.5. The molecule has 12 heteroatoms. The lowest BCUT2D eigenvalue weighted by molar-refractivity contribution is -0.199. The van der Waals surface area contributed by atoms with E-state index in [9.17, 15) is 19.2 Å². The maximum atomic E-state index is 13.0. The highest BCUT2D eigenvalue weighted by Crippen LogP contribution is 2.49. The first-order valence-corrected chi connectivity index (χ1v) is 18.5. The van der Waals surface area contributed by atoms with Crippen molar-refractivity contribution in [2.45, 2.75) is 149 Å². The van der Waals surface area contributed by atoms with E-state index < -0.39 is 61.9 Å². The maximum Gasteiger partial charge on any atom is 0.337 e. The number of hydrogen-bond donors (Lipinski definition) is 0. The molecule has 6 aliphatic rings. The quantitative estimate of drug-likeness (QED) is 0.316. The van der Waals surface area contributed by atoms with Crippen LogP contribution < -0.4 is 0 Å². The summed E-state index contributed by atoms with van der Waals surface area (Å²) in [4.78, 5) is 51.9. The maximum absolute atomic E-state index is 13.0. The molecule has 16 unspecified atom stereocenters. The molecule has 0 aromatic carbocycles. The van der Waals surface area contributed by atoms with Crippen molar-refractivity contribution in [1.82, 2.24) is 0 Å². The Morgan fingerprint density at radius 1 is 0.388 bits per heavy atom. The smallest absolute Gasteiger partial charge is 0.337 e. The summed E-state index contributed by atoms with van der Waals surface area (Å²) in [5.74, 6) is -0.162. The van der Waals surface area contributed by atoms with Crippen LogP contribution in [0.5, 0.6) is 0 Å². The summed E-state index contributed by atoms with van der Waals surface area (Å²) in [5.41, 5.74) is 0. The van der Waals surface area contributed by atoms with Crippen molar-refractivity contribution in [3.63, 3.8) is 0 Å². The highest BCUT2D eigenvalue weighted by Gasteiger charge is 2.49. The van der Waals surface area contributed by atoms with E-state index in [4.69, 9.17) is 37.9 Å². The summed E-state index contributed by atoms with van der Waals surface area (Å²) in [6.45, 7) is 14.3. The standard InChI is InChI=1S/C37H58O12/c1-18-13-19(2)29-14-28(18)32-15-33(29)49-25(8)37(41)45-17-43-35(39)23(6)47-31-12-11-30(26-9-10-27(31)21(4)20(26)3)46-22(5)34(38)42-16-44-36(40)24(7)48-32/h18-33H,9-17H2,1-8H3. The van der Waals surface area contributed by atoms with Gasteiger partial charge in [-0.3, -0.25) is 0 Å². The van der Waals surface area contributed by atoms with Crippen molar-refractivity contribution in [3.8, 4) is 0 Å². The average Bonchev–Trinajstić information content (AvgIpc) is 3.05. The van der Waals surface area contributed by atoms with Crippen molar-refractivity contribution in [3.05, 3.63) is 0 Å². The summed E-state index contributed by atoms with van der Waals surface area (Å²) in [7, 11) is 0. The largest absolute Gasteiger partial charge is 0.426 e. The Balaban J connectivity index is 1.32. The first-order valence-electron chi connectivity index (χ1n) is 18.5. The Kier molecular flexibility index (Phi) is 12.7. The van der Waals surface area contributed by atoms with Gasteiger partial charge in [0, 0.05) is 6.42 Å². The van der Waals surface area contributed by atoms with Gasteiger partial charge >= 0.3 is 23.9 Å². The number of esters is 4. The normalized spacial score (nSPS) is 46.5. The highest BCUT2D eigenvalue weighted by molar-refractivity contribution is 5.76. The number of cyclic esters (lactones) is 4. The molecule has 0 aromatic rings. The number of carbonyl (C=O) groups excluding carboxylic acids is 4. The SMILES string of the molecule is CC1OC2CC(OC(C)C(=O)OCOC(=O)C(C)OC3CCC(OC(C)C(=O)OCOC1=O)C1CCC3C(C)C1C)C1CC2C(C)CC1C. The van der Waals surface area contributed by atoms with E-state index in [0.717, 1.165) is 25.7 Å². The van der Waals surface area contributed by atoms with Crippen molar-refractivity contribution in [2.75, 3.05) is 13.6 Å². The molecule has 1 saturated heterocycles. The van der Waals surface area contributed by atoms with Gasteiger partial charge in [-0.25, -0.2) is 19.2 Å². The molecule has 6 fully saturated rings. The van der Waals surface area contributed by atoms with Crippen molar-refractivity contribution in [2.24, 2.45) is 47.3 Å². The summed E-state index contributed by atoms with van der Waals surface area (Å²) >= 11 is 0. The molecule has 0 aromatic heterocycles. The van der Waals surface area contributed by atoms with Crippen LogP contribution in [0.25, 0.3) is 0 Å². The molecule has 8 bridgehead atoms. The molecular weight excluding hydrogens is 636 g/mol. The second kappa shape index (κ2) is 16.4. The zero-order valence-corrected chi connectivity index (χ0v) is 30.5. The zero-order valence-electron chi connectivity index (χ0n) is 30.5. The molecule has 0 amide bonds. The lowest BCUT2D eigenvalue weighted by Gasteiger charge is -2.50. The molecular formula is C37H58O12. The highest BCUT2D eigenvalue weighted by atomic mass is 16.7. The Labute approximate surface area is 290 Å². The van der Waals surface area contributed by atoms with Gasteiger partial charge < -0.3 is 37.9 Å². The van der Waals surface area contributed by atoms with Gasteiger partial charge in [-0.2, -0.15) is 0 Å². The first-order chi connectivity index (χ1) is 23.2. The minimum atomic E-state index is -0.904. The van der Waals surface area contributed by atoms with Crippen LogP contribution in [-0.4, -0.2) is 86.3 Å². The molecule has 12 nitrogen and oxygen atoms in total. The van der Waals surface area contributed by atoms with Crippen LogP contribution in [-0.2, 0) is 57.1 Å². The van der Waals surface area contributed by atoms with E-state index >= 15 is 0 Å². The van der Waals surface area contributed by atoms with Crippen LogP contribution >= 0.6 is 0 Å². The fourth-order valence-electron chi connectivity index (χ4n) is 9.51. The molecule has 49 heavy (non-hydrogen) atoms. The Hall–Kier alpha value is -2.28. The fourth-order valence-corrected chi connectivity index (χ4v) is 9.51. The summed E-state index contributed by atoms with van der Waals surface area (Å²) in [6, 6.07) is 0. The summed E-state index contributed by atoms with van der Waals surface area (Å²) in [6.07, 6.45) is 0.839. The van der Waals surface area contributed by atoms with E-state index in [-0.39, 0.29) is 48.1 Å². The molecule has 5 aliphatic carbocycles. The van der Waals surface area contributed by atoms with Crippen LogP contribution in [0.3, 0.4) is 0 Å². The van der Waals surface area contributed by atoms with Crippen LogP contribution in [0.2, 0.25) is 0 Å². The van der Waals surface area contributed by atoms with Gasteiger partial charge in [-0.05, 0) is 114 Å². The minimum absolute atomic E-state index is 0.213. The monoisotopic (exact) mass is 694 g/mol. The Morgan fingerprint density at radius 2 is 0.714 bits per heavy atom. The van der Waals surface area contributed by atoms with E-state index in [1.165, 1.54) is 0 Å². The number of hydrogen-bond acceptors (Lipinski definition) is 12. The third-order valence-corrected chi connectivity index (χ3v) is 12.5. The molecule has 278 valence electrons. The molecule has 1 aliphatic heterocycles. The van der Waals surface area contributed by atoms with Gasteiger partial charge in [0.2, 0.25) is 13.6 Å². The topological polar surface area (TPSA) is 142 Å². The number of carbonyl (C=O) groups is 4. The van der Waals surface area contributed by atoms with Gasteiger partial charge in [0.15, 0.2) is 24.4 Å². The second-order valence-corrected chi connectivity index (χ2v) is 15.5. The van der Waals surface area contributed by atoms with Crippen molar-refractivity contribution < 1.29 is 57.1 Å². The van der Waals surface area contributed by atoms with Crippen LogP contribution in [0.1, 0.15) is 100 Å². The molecule has 16 atom stereocenters. The van der Waals surface area contributed by atoms with E-state index in [1.807, 2.05) is 0 Å². The van der Waals surface area contributed by atoms with Gasteiger partial charge in [-0.1, -0.05) is 27.7 Å². The molecule has 6 rings (SSSR count). The molecule has 0 spiro atoms. The lowest BCUT2D eigenvalue weighted by Crippen LogP contribution is -2.52. The number of ether oxygens (including phenoxy) is 8. The summed E-state index contributed by atoms with van der Waals surface area (Å²) < 4.78 is 46.6. The predicted molar refractivity (Wildman–Crippen MR) is 174 cm³/mol. The van der Waals surface area contributed by atoms with Crippen LogP contribution in [0.4, 0.5) is 0 Å². The Bertz CT molecular complexity index is 1090. The fraction of sp³-hybridized carbons (Fsp3) is 0.892. The first kappa shape index (κ1) is 38.0. The van der Waals surface area contributed by atoms with E-state index in [0.29, 0.717) is 42.9 Å². The lowest BCUT2D eigenvalue weighted by atomic mass is 9.61. The van der Waals surface area contributed by atoms with Crippen LogP contribution in [0.15, 0.2) is 0 Å². The Morgan fingerprint density at radius 3 is 1.06 bits per heavy atom. The zero-order chi connectivity index (χ0) is 35.6. The third-order valence-electron chi connectivity index (χ3n) is 12.5. The van der Waals surface area contributed by atoms with Crippen molar-refractivity contribution >= 4 is 23.9 Å². The van der Waals surface area contributed by atoms with Crippen molar-refractivity contribution in [1.29, 1.82) is 0 Å². The van der Waals surface area contributed by atoms with Gasteiger partial charge in [0.05, 0.1) is 24.4 Å². The van der Waals surface area contributed by atoms with Crippen LogP contribution in [0, 0.1) is 47.3 Å². The molecule has 5 saturated carbocycles. The number of fused-ring (bicyclic) bond motifs is 8. The molecule has 1 heterocycles. The molecule has 0 radical (unpaired) electrons. The van der Waals surface area contributed by atoms with Gasteiger partial charge in [0.1, 0.15) is 0 Å². The van der Waals surface area contributed by atoms with Gasteiger partial charge in [-0.15, -0.1) is 0 Å². The van der Waals surface area contributed by atoms with E-state index in [1.54, 1.807) is 27.7 Å². The molecule has 0 N–H and O–H groups in total.